The van der Waals surface area contributed by atoms with Crippen molar-refractivity contribution in [3.63, 3.8) is 0 Å². The molecule has 0 unspecified atom stereocenters. The van der Waals surface area contributed by atoms with Crippen molar-refractivity contribution in [3.05, 3.63) is 17.0 Å². The molecule has 0 saturated carbocycles. The van der Waals surface area contributed by atoms with Gasteiger partial charge in [-0.25, -0.2) is 0 Å². The summed E-state index contributed by atoms with van der Waals surface area (Å²) in [5.74, 6) is 0. The van der Waals surface area contributed by atoms with Gasteiger partial charge in [-0.15, -0.1) is 0 Å². The molecular formula is C10H17N3O. The molecular weight excluding hydrogens is 178 g/mol. The number of hydrogen-bond acceptors (Lipinski definition) is 3. The lowest BCUT2D eigenvalue weighted by Crippen LogP contribution is -2.24. The Balaban J connectivity index is 2.39. The molecule has 0 spiro atoms. The summed E-state index contributed by atoms with van der Waals surface area (Å²) >= 11 is 0. The highest BCUT2D eigenvalue weighted by atomic mass is 16.5. The Kier molecular flexibility index (Phi) is 2.33. The van der Waals surface area contributed by atoms with Gasteiger partial charge in [-0.1, -0.05) is 0 Å². The first-order valence-corrected chi connectivity index (χ1v) is 4.98. The predicted molar refractivity (Wildman–Crippen MR) is 54.0 cm³/mol. The van der Waals surface area contributed by atoms with Gasteiger partial charge in [-0.05, 0) is 20.3 Å². The molecule has 0 radical (unpaired) electrons. The first-order valence-electron chi connectivity index (χ1n) is 4.98. The van der Waals surface area contributed by atoms with Crippen LogP contribution in [0.1, 0.15) is 29.5 Å². The summed E-state index contributed by atoms with van der Waals surface area (Å²) in [5, 5.41) is 4.37. The monoisotopic (exact) mass is 195 g/mol. The topological polar surface area (TPSA) is 53.1 Å². The fourth-order valence-electron chi connectivity index (χ4n) is 2.11. The third kappa shape index (κ3) is 1.35. The summed E-state index contributed by atoms with van der Waals surface area (Å²) in [5.41, 5.74) is 9.37. The third-order valence-electron chi connectivity index (χ3n) is 2.99. The molecule has 1 aromatic heterocycles. The van der Waals surface area contributed by atoms with Crippen molar-refractivity contribution >= 4 is 0 Å². The molecule has 1 saturated heterocycles. The zero-order valence-corrected chi connectivity index (χ0v) is 8.95. The zero-order chi connectivity index (χ0) is 10.3. The highest BCUT2D eigenvalue weighted by Crippen LogP contribution is 2.31. The Morgan fingerprint density at radius 2 is 2.21 bits per heavy atom. The third-order valence-corrected chi connectivity index (χ3v) is 2.99. The first kappa shape index (κ1) is 9.68. The van der Waals surface area contributed by atoms with E-state index in [4.69, 9.17) is 10.5 Å². The molecule has 0 bridgehead atoms. The number of nitrogens with zero attached hydrogens (tertiary/aromatic N) is 2. The molecule has 1 aliphatic heterocycles. The second-order valence-corrected chi connectivity index (χ2v) is 3.95. The summed E-state index contributed by atoms with van der Waals surface area (Å²) < 4.78 is 7.54. The number of hydrogen-bond donors (Lipinski definition) is 1. The maximum Gasteiger partial charge on any atom is 0.101 e. The Labute approximate surface area is 84.0 Å². The van der Waals surface area contributed by atoms with Crippen LogP contribution in [-0.4, -0.2) is 22.4 Å². The summed E-state index contributed by atoms with van der Waals surface area (Å²) in [6.07, 6.45) is 0.988. The molecule has 1 fully saturated rings. The Morgan fingerprint density at radius 1 is 1.50 bits per heavy atom. The Bertz CT molecular complexity index is 345. The van der Waals surface area contributed by atoms with Crippen LogP contribution >= 0.6 is 0 Å². The van der Waals surface area contributed by atoms with Crippen molar-refractivity contribution in [2.24, 2.45) is 12.8 Å². The standard InChI is InChI=1S/C10H17N3O/c1-6-9(7(2)13(3)12-6)10-8(11)4-5-14-10/h8,10H,4-5,11H2,1-3H3/t8-,10-/m0/s1. The van der Waals surface area contributed by atoms with Crippen molar-refractivity contribution in [2.75, 3.05) is 6.61 Å². The van der Waals surface area contributed by atoms with Gasteiger partial charge in [0.2, 0.25) is 0 Å². The SMILES string of the molecule is Cc1nn(C)c(C)c1[C@H]1OCC[C@@H]1N. The van der Waals surface area contributed by atoms with Gasteiger partial charge in [0.05, 0.1) is 5.69 Å². The van der Waals surface area contributed by atoms with Gasteiger partial charge >= 0.3 is 0 Å². The lowest BCUT2D eigenvalue weighted by molar-refractivity contribution is 0.104. The Hall–Kier alpha value is -0.870. The van der Waals surface area contributed by atoms with E-state index in [9.17, 15) is 0 Å². The van der Waals surface area contributed by atoms with Crippen LogP contribution in [0.3, 0.4) is 0 Å². The van der Waals surface area contributed by atoms with Gasteiger partial charge in [0.1, 0.15) is 6.10 Å². The average Bonchev–Trinajstić information content (AvgIpc) is 2.60. The van der Waals surface area contributed by atoms with E-state index >= 15 is 0 Å². The van der Waals surface area contributed by atoms with Crippen molar-refractivity contribution in [1.29, 1.82) is 0 Å². The van der Waals surface area contributed by atoms with Crippen molar-refractivity contribution in [3.8, 4) is 0 Å². The van der Waals surface area contributed by atoms with Gasteiger partial charge in [0.15, 0.2) is 0 Å². The van der Waals surface area contributed by atoms with Crippen LogP contribution in [0.5, 0.6) is 0 Å². The van der Waals surface area contributed by atoms with E-state index in [1.54, 1.807) is 0 Å². The first-order chi connectivity index (χ1) is 6.61. The van der Waals surface area contributed by atoms with E-state index in [1.165, 1.54) is 5.56 Å². The maximum absolute atomic E-state index is 6.00. The summed E-state index contributed by atoms with van der Waals surface area (Å²) in [6.45, 7) is 4.83. The van der Waals surface area contributed by atoms with Gasteiger partial charge in [0, 0.05) is 31.0 Å². The zero-order valence-electron chi connectivity index (χ0n) is 8.95. The molecule has 0 aliphatic carbocycles. The summed E-state index contributed by atoms with van der Waals surface area (Å²) in [7, 11) is 1.95. The van der Waals surface area contributed by atoms with E-state index in [2.05, 4.69) is 12.0 Å². The second kappa shape index (κ2) is 3.37. The number of ether oxygens (including phenoxy) is 1. The van der Waals surface area contributed by atoms with E-state index in [0.29, 0.717) is 0 Å². The van der Waals surface area contributed by atoms with Crippen LogP contribution in [0.25, 0.3) is 0 Å². The maximum atomic E-state index is 6.00. The second-order valence-electron chi connectivity index (χ2n) is 3.95. The number of aryl methyl sites for hydroxylation is 2. The van der Waals surface area contributed by atoms with E-state index in [1.807, 2.05) is 18.7 Å². The normalized spacial score (nSPS) is 27.1. The fraction of sp³-hybridized carbons (Fsp3) is 0.700. The smallest absolute Gasteiger partial charge is 0.101 e. The molecule has 1 aliphatic rings. The minimum absolute atomic E-state index is 0.0451. The van der Waals surface area contributed by atoms with E-state index in [-0.39, 0.29) is 12.1 Å². The highest BCUT2D eigenvalue weighted by molar-refractivity contribution is 5.28. The molecule has 14 heavy (non-hydrogen) atoms. The highest BCUT2D eigenvalue weighted by Gasteiger charge is 2.30. The van der Waals surface area contributed by atoms with E-state index in [0.717, 1.165) is 24.4 Å². The molecule has 4 heteroatoms. The van der Waals surface area contributed by atoms with Gasteiger partial charge < -0.3 is 10.5 Å². The van der Waals surface area contributed by atoms with Crippen molar-refractivity contribution in [2.45, 2.75) is 32.4 Å². The van der Waals surface area contributed by atoms with Gasteiger partial charge in [-0.3, -0.25) is 4.68 Å². The predicted octanol–water partition coefficient (Wildman–Crippen LogP) is 0.826. The largest absolute Gasteiger partial charge is 0.372 e. The van der Waals surface area contributed by atoms with Crippen LogP contribution in [0.4, 0.5) is 0 Å². The molecule has 1 aromatic rings. The molecule has 2 rings (SSSR count). The lowest BCUT2D eigenvalue weighted by Gasteiger charge is -2.15. The van der Waals surface area contributed by atoms with Crippen LogP contribution in [0.2, 0.25) is 0 Å². The van der Waals surface area contributed by atoms with Crippen LogP contribution in [-0.2, 0) is 11.8 Å². The van der Waals surface area contributed by atoms with Crippen LogP contribution < -0.4 is 5.73 Å². The minimum atomic E-state index is 0.0451. The summed E-state index contributed by atoms with van der Waals surface area (Å²) in [6, 6.07) is 0.122. The number of rotatable bonds is 1. The molecule has 2 N–H and O–H groups in total. The van der Waals surface area contributed by atoms with Crippen molar-refractivity contribution in [1.82, 2.24) is 9.78 Å². The molecule has 0 amide bonds. The molecule has 4 nitrogen and oxygen atoms in total. The number of nitrogens with two attached hydrogens (primary N) is 1. The average molecular weight is 195 g/mol. The lowest BCUT2D eigenvalue weighted by atomic mass is 10.0. The van der Waals surface area contributed by atoms with E-state index < -0.39 is 0 Å². The summed E-state index contributed by atoms with van der Waals surface area (Å²) in [4.78, 5) is 0. The molecule has 0 aromatic carbocycles. The van der Waals surface area contributed by atoms with Gasteiger partial charge in [0.25, 0.3) is 0 Å². The minimum Gasteiger partial charge on any atom is -0.372 e. The van der Waals surface area contributed by atoms with Gasteiger partial charge in [-0.2, -0.15) is 5.10 Å². The fourth-order valence-corrected chi connectivity index (χ4v) is 2.11. The van der Waals surface area contributed by atoms with Crippen molar-refractivity contribution < 1.29 is 4.74 Å². The molecule has 2 atom stereocenters. The van der Waals surface area contributed by atoms with Crippen LogP contribution in [0, 0.1) is 13.8 Å². The molecule has 78 valence electrons. The molecule has 2 heterocycles. The Morgan fingerprint density at radius 3 is 2.64 bits per heavy atom. The van der Waals surface area contributed by atoms with Crippen LogP contribution in [0.15, 0.2) is 0 Å². The number of aromatic nitrogens is 2. The quantitative estimate of drug-likeness (QED) is 0.722.